The lowest BCUT2D eigenvalue weighted by Gasteiger charge is -2.32. The molecule has 34 heavy (non-hydrogen) atoms. The van der Waals surface area contributed by atoms with Crippen LogP contribution in [0.25, 0.3) is 5.70 Å². The standard InChI is InChI=1S/C24H24ClN3O4S.ClH/c1-30-20-5-3-15(11-21(20)31-2)4-6-22(29)27-9-10-32-23-17(12-16(25)13-18(23)27)19-14-33-24-26-7-8-28(19)24;/h3,5,11-14H,4,6-10H2,1-2H3;1H. The molecule has 10 heteroatoms. The fourth-order valence-corrected chi connectivity index (χ4v) is 5.46. The summed E-state index contributed by atoms with van der Waals surface area (Å²) in [6, 6.07) is 9.45. The molecule has 3 heterocycles. The number of thioether (sulfide) groups is 1. The molecule has 0 saturated carbocycles. The largest absolute Gasteiger partial charge is 0.493 e. The number of carbonyl (C=O) groups excluding carboxylic acids is 1. The van der Waals surface area contributed by atoms with Crippen LogP contribution in [0.4, 0.5) is 5.69 Å². The Hall–Kier alpha value is -2.55. The van der Waals surface area contributed by atoms with Crippen molar-refractivity contribution in [2.24, 2.45) is 4.99 Å². The van der Waals surface area contributed by atoms with E-state index in [-0.39, 0.29) is 18.3 Å². The number of halogens is 2. The zero-order chi connectivity index (χ0) is 22.9. The van der Waals surface area contributed by atoms with Gasteiger partial charge in [-0.3, -0.25) is 9.79 Å². The molecular weight excluding hydrogens is 497 g/mol. The number of nitrogens with zero attached hydrogens (tertiary/aromatic N) is 3. The van der Waals surface area contributed by atoms with E-state index in [2.05, 4.69) is 15.3 Å². The Morgan fingerprint density at radius 3 is 2.79 bits per heavy atom. The third-order valence-corrected chi connectivity index (χ3v) is 7.03. The maximum Gasteiger partial charge on any atom is 0.227 e. The Kier molecular flexibility index (Phi) is 7.50. The van der Waals surface area contributed by atoms with Crippen molar-refractivity contribution in [2.75, 3.05) is 45.4 Å². The van der Waals surface area contributed by atoms with Gasteiger partial charge >= 0.3 is 0 Å². The first kappa shape index (κ1) is 24.6. The molecule has 3 aliphatic heterocycles. The molecule has 5 rings (SSSR count). The highest BCUT2D eigenvalue weighted by Crippen LogP contribution is 2.45. The Morgan fingerprint density at radius 1 is 1.18 bits per heavy atom. The molecule has 180 valence electrons. The lowest BCUT2D eigenvalue weighted by atomic mass is 10.1. The van der Waals surface area contributed by atoms with Crippen LogP contribution in [0.3, 0.4) is 0 Å². The van der Waals surface area contributed by atoms with Gasteiger partial charge in [0.1, 0.15) is 6.61 Å². The predicted octanol–water partition coefficient (Wildman–Crippen LogP) is 4.85. The van der Waals surface area contributed by atoms with Crippen LogP contribution in [0.2, 0.25) is 5.02 Å². The third kappa shape index (κ3) is 4.54. The number of fused-ring (bicyclic) bond motifs is 2. The lowest BCUT2D eigenvalue weighted by Crippen LogP contribution is -2.38. The molecule has 7 nitrogen and oxygen atoms in total. The van der Waals surface area contributed by atoms with Crippen molar-refractivity contribution in [2.45, 2.75) is 12.8 Å². The van der Waals surface area contributed by atoms with E-state index in [0.29, 0.717) is 48.3 Å². The van der Waals surface area contributed by atoms with E-state index >= 15 is 0 Å². The normalized spacial score (nSPS) is 16.1. The van der Waals surface area contributed by atoms with Gasteiger partial charge in [0.25, 0.3) is 0 Å². The summed E-state index contributed by atoms with van der Waals surface area (Å²) in [5, 5.41) is 3.64. The quantitative estimate of drug-likeness (QED) is 0.541. The van der Waals surface area contributed by atoms with Gasteiger partial charge in [0, 0.05) is 29.0 Å². The van der Waals surface area contributed by atoms with Gasteiger partial charge in [0.05, 0.1) is 38.7 Å². The van der Waals surface area contributed by atoms with Crippen molar-refractivity contribution in [1.82, 2.24) is 4.90 Å². The minimum atomic E-state index is 0. The van der Waals surface area contributed by atoms with Gasteiger partial charge < -0.3 is 24.0 Å². The van der Waals surface area contributed by atoms with Gasteiger partial charge in [-0.1, -0.05) is 29.4 Å². The number of anilines is 1. The molecule has 0 saturated heterocycles. The van der Waals surface area contributed by atoms with E-state index in [1.54, 1.807) is 30.9 Å². The van der Waals surface area contributed by atoms with Gasteiger partial charge in [0.2, 0.25) is 5.91 Å². The van der Waals surface area contributed by atoms with Crippen LogP contribution >= 0.6 is 35.8 Å². The zero-order valence-electron chi connectivity index (χ0n) is 18.9. The van der Waals surface area contributed by atoms with Crippen LogP contribution in [-0.2, 0) is 11.2 Å². The monoisotopic (exact) mass is 521 g/mol. The molecule has 0 atom stereocenters. The van der Waals surface area contributed by atoms with Crippen LogP contribution in [0.5, 0.6) is 17.2 Å². The number of aryl methyl sites for hydroxylation is 1. The average Bonchev–Trinajstić information content (AvgIpc) is 3.45. The van der Waals surface area contributed by atoms with Gasteiger partial charge in [-0.2, -0.15) is 0 Å². The number of aliphatic imine (C=N–C) groups is 1. The van der Waals surface area contributed by atoms with Crippen molar-refractivity contribution in [3.05, 3.63) is 51.9 Å². The van der Waals surface area contributed by atoms with Gasteiger partial charge in [0.15, 0.2) is 22.4 Å². The van der Waals surface area contributed by atoms with E-state index in [4.69, 9.17) is 25.8 Å². The maximum atomic E-state index is 13.3. The zero-order valence-corrected chi connectivity index (χ0v) is 21.3. The summed E-state index contributed by atoms with van der Waals surface area (Å²) in [6.07, 6.45) is 0.951. The van der Waals surface area contributed by atoms with Gasteiger partial charge in [-0.05, 0) is 36.2 Å². The van der Waals surface area contributed by atoms with E-state index in [1.807, 2.05) is 30.3 Å². The summed E-state index contributed by atoms with van der Waals surface area (Å²) in [6.45, 7) is 2.54. The summed E-state index contributed by atoms with van der Waals surface area (Å²) in [4.78, 5) is 21.8. The van der Waals surface area contributed by atoms with Crippen LogP contribution in [0.1, 0.15) is 17.5 Å². The number of ether oxygens (including phenoxy) is 3. The van der Waals surface area contributed by atoms with Crippen molar-refractivity contribution in [3.8, 4) is 17.2 Å². The third-order valence-electron chi connectivity index (χ3n) is 5.91. The second-order valence-corrected chi connectivity index (χ2v) is 9.09. The highest BCUT2D eigenvalue weighted by atomic mass is 35.5. The van der Waals surface area contributed by atoms with E-state index < -0.39 is 0 Å². The molecule has 0 radical (unpaired) electrons. The molecule has 0 aromatic heterocycles. The molecule has 1 amide bonds. The first-order chi connectivity index (χ1) is 16.1. The van der Waals surface area contributed by atoms with E-state index in [9.17, 15) is 4.79 Å². The van der Waals surface area contributed by atoms with Crippen LogP contribution < -0.4 is 19.1 Å². The van der Waals surface area contributed by atoms with Crippen molar-refractivity contribution in [1.29, 1.82) is 0 Å². The number of carbonyl (C=O) groups is 1. The van der Waals surface area contributed by atoms with E-state index in [1.165, 1.54) is 0 Å². The Balaban J connectivity index is 0.00000274. The van der Waals surface area contributed by atoms with E-state index in [0.717, 1.165) is 40.8 Å². The molecule has 2 aromatic rings. The number of hydrogen-bond donors (Lipinski definition) is 0. The van der Waals surface area contributed by atoms with Crippen molar-refractivity contribution in [3.63, 3.8) is 0 Å². The maximum absolute atomic E-state index is 13.3. The molecule has 2 aromatic carbocycles. The molecule has 0 spiro atoms. The molecule has 0 unspecified atom stereocenters. The Bertz CT molecular complexity index is 1170. The number of methoxy groups -OCH3 is 2. The summed E-state index contributed by atoms with van der Waals surface area (Å²) in [5.74, 6) is 2.05. The van der Waals surface area contributed by atoms with Crippen LogP contribution in [0, 0.1) is 0 Å². The number of hydrogen-bond acceptors (Lipinski definition) is 7. The van der Waals surface area contributed by atoms with Crippen molar-refractivity contribution < 1.29 is 19.0 Å². The summed E-state index contributed by atoms with van der Waals surface area (Å²) in [5.41, 5.74) is 3.65. The lowest BCUT2D eigenvalue weighted by molar-refractivity contribution is -0.118. The predicted molar refractivity (Wildman–Crippen MR) is 139 cm³/mol. The Morgan fingerprint density at radius 2 is 2.00 bits per heavy atom. The summed E-state index contributed by atoms with van der Waals surface area (Å²) in [7, 11) is 3.21. The minimum Gasteiger partial charge on any atom is -0.493 e. The molecule has 3 aliphatic rings. The fourth-order valence-electron chi connectivity index (χ4n) is 4.29. The van der Waals surface area contributed by atoms with Crippen molar-refractivity contribution >= 4 is 58.2 Å². The molecule has 0 N–H and O–H groups in total. The van der Waals surface area contributed by atoms with Gasteiger partial charge in [-0.15, -0.1) is 12.4 Å². The molecule has 0 aliphatic carbocycles. The first-order valence-electron chi connectivity index (χ1n) is 10.8. The second-order valence-electron chi connectivity index (χ2n) is 7.82. The molecule has 0 bridgehead atoms. The second kappa shape index (κ2) is 10.4. The highest BCUT2D eigenvalue weighted by Gasteiger charge is 2.33. The topological polar surface area (TPSA) is 63.6 Å². The highest BCUT2D eigenvalue weighted by molar-refractivity contribution is 8.16. The molecular formula is C24H25Cl2N3O4S. The van der Waals surface area contributed by atoms with Gasteiger partial charge in [-0.25, -0.2) is 0 Å². The fraction of sp³-hybridized carbons (Fsp3) is 0.333. The Labute approximate surface area is 214 Å². The number of benzene rings is 2. The average molecular weight is 522 g/mol. The summed E-state index contributed by atoms with van der Waals surface area (Å²) >= 11 is 8.11. The first-order valence-corrected chi connectivity index (χ1v) is 12.0. The number of amides is 1. The smallest absolute Gasteiger partial charge is 0.227 e. The molecule has 0 fully saturated rings. The summed E-state index contributed by atoms with van der Waals surface area (Å²) < 4.78 is 16.7. The number of rotatable bonds is 6. The number of amidine groups is 1. The minimum absolute atomic E-state index is 0. The SMILES string of the molecule is COc1ccc(CCC(=O)N2CCOc3c(C4=CSC5=NCCN45)cc(Cl)cc32)cc1OC.Cl. The van der Waals surface area contributed by atoms with Crippen LogP contribution in [0.15, 0.2) is 40.7 Å². The van der Waals surface area contributed by atoms with Crippen LogP contribution in [-0.4, -0.2) is 56.4 Å².